The maximum atomic E-state index is 5.35. The molecule has 0 saturated carbocycles. The lowest BCUT2D eigenvalue weighted by molar-refractivity contribution is 0.418. The van der Waals surface area contributed by atoms with Gasteiger partial charge >= 0.3 is 0 Å². The smallest absolute Gasteiger partial charge is 0.143 e. The summed E-state index contributed by atoms with van der Waals surface area (Å²) in [6.07, 6.45) is 3.23. The lowest BCUT2D eigenvalue weighted by Crippen LogP contribution is -1.89. The van der Waals surface area contributed by atoms with Crippen molar-refractivity contribution < 1.29 is 4.74 Å². The molecule has 0 fully saturated rings. The largest absolute Gasteiger partial charge is 0.495 e. The van der Waals surface area contributed by atoms with Crippen molar-refractivity contribution in [1.82, 2.24) is 4.57 Å². The van der Waals surface area contributed by atoms with Crippen molar-refractivity contribution in [3.8, 4) is 5.75 Å². The SMILES string of the molecule is CCc1cn(C)c2c(OC)cccc12. The zero-order valence-corrected chi connectivity index (χ0v) is 8.87. The van der Waals surface area contributed by atoms with Crippen molar-refractivity contribution in [1.29, 1.82) is 0 Å². The average molecular weight is 189 g/mol. The fourth-order valence-electron chi connectivity index (χ4n) is 1.96. The molecule has 1 aromatic carbocycles. The van der Waals surface area contributed by atoms with Gasteiger partial charge in [0.15, 0.2) is 0 Å². The van der Waals surface area contributed by atoms with Crippen molar-refractivity contribution in [2.75, 3.05) is 7.11 Å². The van der Waals surface area contributed by atoms with E-state index in [0.717, 1.165) is 12.2 Å². The normalized spacial score (nSPS) is 10.8. The molecule has 0 atom stereocenters. The first-order chi connectivity index (χ1) is 6.77. The standard InChI is InChI=1S/C12H15NO/c1-4-9-8-13(2)12-10(9)6-5-7-11(12)14-3/h5-8H,4H2,1-3H3. The van der Waals surface area contributed by atoms with Gasteiger partial charge in [-0.1, -0.05) is 19.1 Å². The highest BCUT2D eigenvalue weighted by molar-refractivity contribution is 5.89. The summed E-state index contributed by atoms with van der Waals surface area (Å²) < 4.78 is 7.48. The Kier molecular flexibility index (Phi) is 2.20. The van der Waals surface area contributed by atoms with Gasteiger partial charge in [-0.25, -0.2) is 0 Å². The fourth-order valence-corrected chi connectivity index (χ4v) is 1.96. The monoisotopic (exact) mass is 189 g/mol. The van der Waals surface area contributed by atoms with Gasteiger partial charge in [0.2, 0.25) is 0 Å². The molecular formula is C12H15NO. The van der Waals surface area contributed by atoms with Crippen molar-refractivity contribution in [3.05, 3.63) is 30.0 Å². The van der Waals surface area contributed by atoms with E-state index in [2.05, 4.69) is 30.8 Å². The molecule has 0 saturated heterocycles. The van der Waals surface area contributed by atoms with Crippen LogP contribution < -0.4 is 4.74 Å². The van der Waals surface area contributed by atoms with Gasteiger partial charge in [0.1, 0.15) is 5.75 Å². The highest BCUT2D eigenvalue weighted by Gasteiger charge is 2.08. The second-order valence-corrected chi connectivity index (χ2v) is 3.48. The third-order valence-corrected chi connectivity index (χ3v) is 2.65. The van der Waals surface area contributed by atoms with E-state index >= 15 is 0 Å². The van der Waals surface area contributed by atoms with Crippen LogP contribution in [0.2, 0.25) is 0 Å². The molecule has 0 bridgehead atoms. The highest BCUT2D eigenvalue weighted by atomic mass is 16.5. The van der Waals surface area contributed by atoms with Crippen LogP contribution in [0.25, 0.3) is 10.9 Å². The Morgan fingerprint density at radius 2 is 2.14 bits per heavy atom. The molecule has 0 aliphatic carbocycles. The molecule has 14 heavy (non-hydrogen) atoms. The summed E-state index contributed by atoms with van der Waals surface area (Å²) >= 11 is 0. The molecule has 2 heteroatoms. The molecule has 2 aromatic rings. The lowest BCUT2D eigenvalue weighted by Gasteiger charge is -2.03. The lowest BCUT2D eigenvalue weighted by atomic mass is 10.1. The van der Waals surface area contributed by atoms with Gasteiger partial charge in [0.25, 0.3) is 0 Å². The number of hydrogen-bond donors (Lipinski definition) is 0. The minimum atomic E-state index is 0.949. The molecular weight excluding hydrogens is 174 g/mol. The van der Waals surface area contributed by atoms with E-state index in [4.69, 9.17) is 4.74 Å². The third-order valence-electron chi connectivity index (χ3n) is 2.65. The molecule has 0 aliphatic rings. The molecule has 0 amide bonds. The predicted molar refractivity (Wildman–Crippen MR) is 58.8 cm³/mol. The van der Waals surface area contributed by atoms with Gasteiger partial charge in [0, 0.05) is 18.6 Å². The summed E-state index contributed by atoms with van der Waals surface area (Å²) in [6.45, 7) is 2.17. The number of fused-ring (bicyclic) bond motifs is 1. The van der Waals surface area contributed by atoms with Gasteiger partial charge < -0.3 is 9.30 Å². The second kappa shape index (κ2) is 3.37. The van der Waals surface area contributed by atoms with Crippen LogP contribution in [0.1, 0.15) is 12.5 Å². The number of rotatable bonds is 2. The van der Waals surface area contributed by atoms with Crippen LogP contribution >= 0.6 is 0 Å². The van der Waals surface area contributed by atoms with Gasteiger partial charge in [0.05, 0.1) is 12.6 Å². The Labute approximate surface area is 84.1 Å². The first-order valence-electron chi connectivity index (χ1n) is 4.88. The Hall–Kier alpha value is -1.44. The van der Waals surface area contributed by atoms with E-state index in [0.29, 0.717) is 0 Å². The zero-order valence-electron chi connectivity index (χ0n) is 8.87. The van der Waals surface area contributed by atoms with Crippen LogP contribution in [0.3, 0.4) is 0 Å². The molecule has 1 aromatic heterocycles. The van der Waals surface area contributed by atoms with E-state index in [1.54, 1.807) is 7.11 Å². The van der Waals surface area contributed by atoms with Crippen LogP contribution in [0, 0.1) is 0 Å². The van der Waals surface area contributed by atoms with E-state index in [-0.39, 0.29) is 0 Å². The predicted octanol–water partition coefficient (Wildman–Crippen LogP) is 2.75. The summed E-state index contributed by atoms with van der Waals surface area (Å²) in [7, 11) is 3.78. The Balaban J connectivity index is 2.81. The van der Waals surface area contributed by atoms with E-state index in [1.807, 2.05) is 12.1 Å². The maximum Gasteiger partial charge on any atom is 0.143 e. The second-order valence-electron chi connectivity index (χ2n) is 3.48. The first-order valence-corrected chi connectivity index (χ1v) is 4.88. The number of benzene rings is 1. The summed E-state index contributed by atoms with van der Waals surface area (Å²) in [4.78, 5) is 0. The molecule has 0 radical (unpaired) electrons. The summed E-state index contributed by atoms with van der Waals surface area (Å²) in [5.41, 5.74) is 2.56. The zero-order chi connectivity index (χ0) is 10.1. The van der Waals surface area contributed by atoms with Crippen LogP contribution in [0.4, 0.5) is 0 Å². The van der Waals surface area contributed by atoms with Crippen LogP contribution in [-0.4, -0.2) is 11.7 Å². The molecule has 2 rings (SSSR count). The van der Waals surface area contributed by atoms with Crippen LogP contribution in [0.5, 0.6) is 5.75 Å². The minimum Gasteiger partial charge on any atom is -0.495 e. The molecule has 0 unspecified atom stereocenters. The topological polar surface area (TPSA) is 14.2 Å². The molecule has 1 heterocycles. The van der Waals surface area contributed by atoms with E-state index in [1.165, 1.54) is 16.5 Å². The quantitative estimate of drug-likeness (QED) is 0.708. The molecule has 74 valence electrons. The van der Waals surface area contributed by atoms with Gasteiger partial charge in [-0.3, -0.25) is 0 Å². The van der Waals surface area contributed by atoms with Crippen molar-refractivity contribution in [3.63, 3.8) is 0 Å². The fraction of sp³-hybridized carbons (Fsp3) is 0.333. The minimum absolute atomic E-state index is 0.949. The highest BCUT2D eigenvalue weighted by Crippen LogP contribution is 2.29. The van der Waals surface area contributed by atoms with Crippen LogP contribution in [0.15, 0.2) is 24.4 Å². The first kappa shape index (κ1) is 9.13. The summed E-state index contributed by atoms with van der Waals surface area (Å²) in [5.74, 6) is 0.949. The number of methoxy groups -OCH3 is 1. The van der Waals surface area contributed by atoms with Gasteiger partial charge in [-0.15, -0.1) is 0 Å². The van der Waals surface area contributed by atoms with E-state index in [9.17, 15) is 0 Å². The number of aryl methyl sites for hydroxylation is 2. The number of ether oxygens (including phenoxy) is 1. The molecule has 0 N–H and O–H groups in total. The number of hydrogen-bond acceptors (Lipinski definition) is 1. The number of nitrogens with zero attached hydrogens (tertiary/aromatic N) is 1. The van der Waals surface area contributed by atoms with Crippen molar-refractivity contribution in [2.45, 2.75) is 13.3 Å². The van der Waals surface area contributed by atoms with Gasteiger partial charge in [-0.2, -0.15) is 0 Å². The third kappa shape index (κ3) is 1.18. The Morgan fingerprint density at radius 3 is 2.79 bits per heavy atom. The van der Waals surface area contributed by atoms with Crippen molar-refractivity contribution in [2.24, 2.45) is 7.05 Å². The average Bonchev–Trinajstić information content (AvgIpc) is 2.55. The van der Waals surface area contributed by atoms with Crippen LogP contribution in [-0.2, 0) is 13.5 Å². The van der Waals surface area contributed by atoms with E-state index < -0.39 is 0 Å². The Bertz CT molecular complexity index is 457. The molecule has 0 spiro atoms. The summed E-state index contributed by atoms with van der Waals surface area (Å²) in [5, 5.41) is 1.30. The van der Waals surface area contributed by atoms with Gasteiger partial charge in [-0.05, 0) is 18.1 Å². The number of aromatic nitrogens is 1. The maximum absolute atomic E-state index is 5.35. The molecule has 0 aliphatic heterocycles. The Morgan fingerprint density at radius 1 is 1.36 bits per heavy atom. The summed E-state index contributed by atoms with van der Waals surface area (Å²) in [6, 6.07) is 6.19. The molecule has 2 nitrogen and oxygen atoms in total. The van der Waals surface area contributed by atoms with Crippen molar-refractivity contribution >= 4 is 10.9 Å². The number of para-hydroxylation sites is 1.